The molecule has 2 aliphatic rings. The maximum absolute atomic E-state index is 9.69. The fourth-order valence-electron chi connectivity index (χ4n) is 2.01. The molecule has 1 saturated carbocycles. The summed E-state index contributed by atoms with van der Waals surface area (Å²) < 4.78 is 5.37. The van der Waals surface area contributed by atoms with Gasteiger partial charge in [-0.3, -0.25) is 0 Å². The smallest absolute Gasteiger partial charge is 0.0571 e. The third kappa shape index (κ3) is 2.20. The molecule has 0 aromatic heterocycles. The van der Waals surface area contributed by atoms with Gasteiger partial charge < -0.3 is 9.84 Å². The normalized spacial score (nSPS) is 33.2. The molecule has 1 heterocycles. The molecule has 12 heavy (non-hydrogen) atoms. The van der Waals surface area contributed by atoms with Crippen molar-refractivity contribution in [1.82, 2.24) is 0 Å². The zero-order valence-electron chi connectivity index (χ0n) is 7.54. The van der Waals surface area contributed by atoms with Gasteiger partial charge in [-0.15, -0.1) is 0 Å². The van der Waals surface area contributed by atoms with Gasteiger partial charge in [0.25, 0.3) is 0 Å². The molecule has 0 aromatic carbocycles. The lowest BCUT2D eigenvalue weighted by atomic mass is 9.94. The fourth-order valence-corrected chi connectivity index (χ4v) is 2.01. The van der Waals surface area contributed by atoms with Gasteiger partial charge in [0.1, 0.15) is 0 Å². The van der Waals surface area contributed by atoms with Crippen molar-refractivity contribution in [2.75, 3.05) is 13.2 Å². The second-order valence-electron chi connectivity index (χ2n) is 4.22. The Balaban J connectivity index is 1.69. The molecule has 2 unspecified atom stereocenters. The fraction of sp³-hybridized carbons (Fsp3) is 1.00. The average molecular weight is 170 g/mol. The van der Waals surface area contributed by atoms with Gasteiger partial charge in [-0.05, 0) is 43.9 Å². The van der Waals surface area contributed by atoms with E-state index in [9.17, 15) is 5.11 Å². The highest BCUT2D eigenvalue weighted by molar-refractivity contribution is 4.82. The van der Waals surface area contributed by atoms with E-state index >= 15 is 0 Å². The monoisotopic (exact) mass is 170 g/mol. The molecule has 2 heteroatoms. The summed E-state index contributed by atoms with van der Waals surface area (Å²) in [6.45, 7) is 1.81. The quantitative estimate of drug-likeness (QED) is 0.696. The van der Waals surface area contributed by atoms with E-state index in [-0.39, 0.29) is 6.10 Å². The summed E-state index contributed by atoms with van der Waals surface area (Å²) in [7, 11) is 0. The van der Waals surface area contributed by atoms with Crippen molar-refractivity contribution in [3.05, 3.63) is 0 Å². The Labute approximate surface area is 73.9 Å². The topological polar surface area (TPSA) is 29.5 Å². The standard InChI is InChI=1S/C10H18O2/c11-10(9-3-4-9)6-8-2-1-5-12-7-8/h8-11H,1-7H2. The summed E-state index contributed by atoms with van der Waals surface area (Å²) in [5.74, 6) is 1.27. The van der Waals surface area contributed by atoms with Gasteiger partial charge in [-0.1, -0.05) is 0 Å². The van der Waals surface area contributed by atoms with Gasteiger partial charge in [-0.25, -0.2) is 0 Å². The van der Waals surface area contributed by atoms with E-state index in [4.69, 9.17) is 4.74 Å². The molecule has 1 saturated heterocycles. The van der Waals surface area contributed by atoms with Crippen LogP contribution in [0.3, 0.4) is 0 Å². The maximum Gasteiger partial charge on any atom is 0.0571 e. The molecule has 0 bridgehead atoms. The molecule has 1 aliphatic heterocycles. The molecule has 2 atom stereocenters. The van der Waals surface area contributed by atoms with Gasteiger partial charge >= 0.3 is 0 Å². The Hall–Kier alpha value is -0.0800. The van der Waals surface area contributed by atoms with Crippen LogP contribution in [0, 0.1) is 11.8 Å². The third-order valence-electron chi connectivity index (χ3n) is 3.00. The van der Waals surface area contributed by atoms with E-state index in [2.05, 4.69) is 0 Å². The minimum Gasteiger partial charge on any atom is -0.393 e. The molecule has 0 aromatic rings. The van der Waals surface area contributed by atoms with Crippen molar-refractivity contribution >= 4 is 0 Å². The molecule has 2 rings (SSSR count). The number of hydrogen-bond acceptors (Lipinski definition) is 2. The van der Waals surface area contributed by atoms with Gasteiger partial charge in [-0.2, -0.15) is 0 Å². The maximum atomic E-state index is 9.69. The molecular weight excluding hydrogens is 152 g/mol. The summed E-state index contributed by atoms with van der Waals surface area (Å²) in [4.78, 5) is 0. The second-order valence-corrected chi connectivity index (χ2v) is 4.22. The van der Waals surface area contributed by atoms with E-state index in [1.54, 1.807) is 0 Å². The van der Waals surface area contributed by atoms with Gasteiger partial charge in [0, 0.05) is 13.2 Å². The van der Waals surface area contributed by atoms with Crippen molar-refractivity contribution in [3.8, 4) is 0 Å². The molecule has 70 valence electrons. The lowest BCUT2D eigenvalue weighted by Gasteiger charge is -2.24. The van der Waals surface area contributed by atoms with E-state index < -0.39 is 0 Å². The van der Waals surface area contributed by atoms with E-state index in [1.807, 2.05) is 0 Å². The number of hydrogen-bond donors (Lipinski definition) is 1. The zero-order chi connectivity index (χ0) is 8.39. The van der Waals surface area contributed by atoms with Crippen LogP contribution < -0.4 is 0 Å². The van der Waals surface area contributed by atoms with E-state index in [1.165, 1.54) is 25.7 Å². The summed E-state index contributed by atoms with van der Waals surface area (Å²) in [6, 6.07) is 0. The Morgan fingerprint density at radius 3 is 2.75 bits per heavy atom. The van der Waals surface area contributed by atoms with Crippen molar-refractivity contribution < 1.29 is 9.84 Å². The molecule has 0 amide bonds. The van der Waals surface area contributed by atoms with Crippen LogP contribution in [-0.4, -0.2) is 24.4 Å². The molecule has 0 radical (unpaired) electrons. The van der Waals surface area contributed by atoms with E-state index in [0.29, 0.717) is 11.8 Å². The zero-order valence-corrected chi connectivity index (χ0v) is 7.54. The first-order valence-electron chi connectivity index (χ1n) is 5.12. The lowest BCUT2D eigenvalue weighted by Crippen LogP contribution is -2.23. The lowest BCUT2D eigenvalue weighted by molar-refractivity contribution is 0.0247. The van der Waals surface area contributed by atoms with Gasteiger partial charge in [0.2, 0.25) is 0 Å². The van der Waals surface area contributed by atoms with E-state index in [0.717, 1.165) is 19.6 Å². The van der Waals surface area contributed by atoms with Gasteiger partial charge in [0.15, 0.2) is 0 Å². The van der Waals surface area contributed by atoms with Crippen LogP contribution in [0.1, 0.15) is 32.1 Å². The Kier molecular flexibility index (Phi) is 2.66. The SMILES string of the molecule is OC(CC1CCCOC1)C1CC1. The summed E-state index contributed by atoms with van der Waals surface area (Å²) in [5.41, 5.74) is 0. The Morgan fingerprint density at radius 2 is 2.17 bits per heavy atom. The first kappa shape index (κ1) is 8.52. The first-order chi connectivity index (χ1) is 5.86. The minimum absolute atomic E-state index is 0.0308. The largest absolute Gasteiger partial charge is 0.393 e. The Morgan fingerprint density at radius 1 is 1.33 bits per heavy atom. The highest BCUT2D eigenvalue weighted by atomic mass is 16.5. The Bertz CT molecular complexity index is 137. The molecule has 1 N–H and O–H groups in total. The summed E-state index contributed by atoms with van der Waals surface area (Å²) >= 11 is 0. The number of aliphatic hydroxyl groups excluding tert-OH is 1. The molecule has 2 nitrogen and oxygen atoms in total. The number of rotatable bonds is 3. The number of ether oxygens (including phenoxy) is 1. The van der Waals surface area contributed by atoms with Crippen LogP contribution in [0.4, 0.5) is 0 Å². The molecule has 2 fully saturated rings. The average Bonchev–Trinajstić information content (AvgIpc) is 2.88. The minimum atomic E-state index is -0.0308. The van der Waals surface area contributed by atoms with Crippen LogP contribution in [0.2, 0.25) is 0 Å². The van der Waals surface area contributed by atoms with Crippen LogP contribution in [0.15, 0.2) is 0 Å². The molecule has 1 aliphatic carbocycles. The third-order valence-corrected chi connectivity index (χ3v) is 3.00. The van der Waals surface area contributed by atoms with Crippen LogP contribution in [0.25, 0.3) is 0 Å². The molecular formula is C10H18O2. The van der Waals surface area contributed by atoms with Crippen LogP contribution >= 0.6 is 0 Å². The van der Waals surface area contributed by atoms with Gasteiger partial charge in [0.05, 0.1) is 6.10 Å². The highest BCUT2D eigenvalue weighted by Gasteiger charge is 2.31. The summed E-state index contributed by atoms with van der Waals surface area (Å²) in [6.07, 6.45) is 5.87. The van der Waals surface area contributed by atoms with Crippen LogP contribution in [0.5, 0.6) is 0 Å². The second kappa shape index (κ2) is 3.75. The number of aliphatic hydroxyl groups is 1. The highest BCUT2D eigenvalue weighted by Crippen LogP contribution is 2.36. The predicted molar refractivity (Wildman–Crippen MR) is 46.9 cm³/mol. The van der Waals surface area contributed by atoms with Crippen molar-refractivity contribution in [1.29, 1.82) is 0 Å². The van der Waals surface area contributed by atoms with Crippen molar-refractivity contribution in [2.45, 2.75) is 38.2 Å². The van der Waals surface area contributed by atoms with Crippen LogP contribution in [-0.2, 0) is 4.74 Å². The summed E-state index contributed by atoms with van der Waals surface area (Å²) in [5, 5.41) is 9.69. The predicted octanol–water partition coefficient (Wildman–Crippen LogP) is 1.57. The van der Waals surface area contributed by atoms with Crippen molar-refractivity contribution in [3.63, 3.8) is 0 Å². The van der Waals surface area contributed by atoms with Crippen molar-refractivity contribution in [2.24, 2.45) is 11.8 Å². The molecule has 0 spiro atoms. The first-order valence-corrected chi connectivity index (χ1v) is 5.12.